The summed E-state index contributed by atoms with van der Waals surface area (Å²) in [6.45, 7) is 13.9. The van der Waals surface area contributed by atoms with Crippen molar-refractivity contribution < 1.29 is 4.21 Å². The van der Waals surface area contributed by atoms with Gasteiger partial charge in [0.15, 0.2) is 0 Å². The minimum atomic E-state index is -0.648. The molecule has 0 spiro atoms. The molecular formula is C18H30OS. The van der Waals surface area contributed by atoms with E-state index in [0.717, 1.165) is 11.8 Å². The summed E-state index contributed by atoms with van der Waals surface area (Å²) in [6.07, 6.45) is 5.33. The molecule has 1 saturated heterocycles. The monoisotopic (exact) mass is 294 g/mol. The lowest BCUT2D eigenvalue weighted by Crippen LogP contribution is -2.38. The molecule has 2 heteroatoms. The predicted octanol–water partition coefficient (Wildman–Crippen LogP) is 4.69. The highest BCUT2D eigenvalue weighted by atomic mass is 32.2. The zero-order valence-corrected chi connectivity index (χ0v) is 14.8. The summed E-state index contributed by atoms with van der Waals surface area (Å²) < 4.78 is 13.1. The first-order valence-electron chi connectivity index (χ1n) is 8.28. The second-order valence-electron chi connectivity index (χ2n) is 9.11. The molecule has 2 bridgehead atoms. The molecule has 1 saturated carbocycles. The van der Waals surface area contributed by atoms with Crippen molar-refractivity contribution in [1.29, 1.82) is 0 Å². The highest BCUT2D eigenvalue weighted by Gasteiger charge is 2.60. The first-order valence-corrected chi connectivity index (χ1v) is 9.56. The van der Waals surface area contributed by atoms with E-state index in [9.17, 15) is 4.21 Å². The van der Waals surface area contributed by atoms with Gasteiger partial charge >= 0.3 is 0 Å². The van der Waals surface area contributed by atoms with E-state index >= 15 is 0 Å². The Balaban J connectivity index is 2.16. The molecule has 2 aliphatic heterocycles. The SMILES string of the molecule is CC(C)(C)C1=C(C(C)(C)C)[C@H]2[C@H]3CCCC[C@H]3[C@@H]1S2=O. The normalized spacial score (nSPS) is 41.2. The standard InChI is InChI=1S/C18H30OS/c1-17(2,3)13-14(18(4,5)6)16-12-10-8-7-9-11(12)15(13)20(16)19/h11-12,15-16H,7-10H2,1-6H3/t11-,12+,15+,16-,20?. The summed E-state index contributed by atoms with van der Waals surface area (Å²) in [5.74, 6) is 1.44. The number of fused-ring (bicyclic) bond motifs is 5. The number of hydrogen-bond acceptors (Lipinski definition) is 1. The van der Waals surface area contributed by atoms with Gasteiger partial charge in [0.2, 0.25) is 0 Å². The molecule has 0 N–H and O–H groups in total. The molecule has 5 atom stereocenters. The Morgan fingerprint density at radius 3 is 1.45 bits per heavy atom. The van der Waals surface area contributed by atoms with Gasteiger partial charge in [-0.2, -0.15) is 0 Å². The van der Waals surface area contributed by atoms with Crippen LogP contribution in [-0.2, 0) is 10.8 Å². The summed E-state index contributed by atoms with van der Waals surface area (Å²) in [4.78, 5) is 0. The van der Waals surface area contributed by atoms with Crippen LogP contribution in [-0.4, -0.2) is 14.7 Å². The smallest absolute Gasteiger partial charge is 0.0602 e. The Morgan fingerprint density at radius 1 is 0.800 bits per heavy atom. The molecule has 114 valence electrons. The fraction of sp³-hybridized carbons (Fsp3) is 0.889. The van der Waals surface area contributed by atoms with Gasteiger partial charge in [-0.3, -0.25) is 4.21 Å². The molecule has 2 fully saturated rings. The van der Waals surface area contributed by atoms with Crippen molar-refractivity contribution in [1.82, 2.24) is 0 Å². The lowest BCUT2D eigenvalue weighted by Gasteiger charge is -2.43. The molecule has 1 nitrogen and oxygen atoms in total. The van der Waals surface area contributed by atoms with Gasteiger partial charge in [0.05, 0.1) is 10.5 Å². The Kier molecular flexibility index (Phi) is 3.29. The van der Waals surface area contributed by atoms with Crippen molar-refractivity contribution in [3.63, 3.8) is 0 Å². The van der Waals surface area contributed by atoms with Crippen LogP contribution in [0.25, 0.3) is 0 Å². The lowest BCUT2D eigenvalue weighted by molar-refractivity contribution is 0.222. The molecule has 0 amide bonds. The fourth-order valence-electron chi connectivity index (χ4n) is 5.07. The first kappa shape index (κ1) is 14.8. The first-order chi connectivity index (χ1) is 9.14. The Bertz CT molecular complexity index is 433. The van der Waals surface area contributed by atoms with Gasteiger partial charge in [-0.15, -0.1) is 0 Å². The third-order valence-corrected chi connectivity index (χ3v) is 7.80. The third kappa shape index (κ3) is 1.97. The third-order valence-electron chi connectivity index (χ3n) is 5.63. The topological polar surface area (TPSA) is 17.1 Å². The molecule has 1 aliphatic carbocycles. The van der Waals surface area contributed by atoms with E-state index in [-0.39, 0.29) is 10.8 Å². The van der Waals surface area contributed by atoms with Crippen LogP contribution >= 0.6 is 0 Å². The number of rotatable bonds is 0. The largest absolute Gasteiger partial charge is 0.258 e. The van der Waals surface area contributed by atoms with Gasteiger partial charge in [0.1, 0.15) is 0 Å². The van der Waals surface area contributed by atoms with Crippen LogP contribution in [0.1, 0.15) is 67.2 Å². The summed E-state index contributed by atoms with van der Waals surface area (Å²) in [7, 11) is -0.648. The van der Waals surface area contributed by atoms with Crippen LogP contribution in [0, 0.1) is 22.7 Å². The van der Waals surface area contributed by atoms with Crippen molar-refractivity contribution in [3.05, 3.63) is 11.1 Å². The van der Waals surface area contributed by atoms with Gasteiger partial charge in [0, 0.05) is 10.8 Å². The summed E-state index contributed by atoms with van der Waals surface area (Å²) in [5, 5.41) is 0.749. The van der Waals surface area contributed by atoms with E-state index < -0.39 is 10.8 Å². The molecule has 3 aliphatic rings. The molecular weight excluding hydrogens is 264 g/mol. The highest BCUT2D eigenvalue weighted by molar-refractivity contribution is 7.87. The molecule has 1 unspecified atom stereocenters. The Hall–Kier alpha value is -0.110. The van der Waals surface area contributed by atoms with E-state index in [2.05, 4.69) is 41.5 Å². The molecule has 3 rings (SSSR count). The summed E-state index contributed by atoms with van der Waals surface area (Å²) in [5.41, 5.74) is 3.47. The second-order valence-corrected chi connectivity index (χ2v) is 10.8. The van der Waals surface area contributed by atoms with E-state index in [1.165, 1.54) is 25.7 Å². The maximum atomic E-state index is 13.1. The maximum absolute atomic E-state index is 13.1. The van der Waals surface area contributed by atoms with Crippen LogP contribution in [0.3, 0.4) is 0 Å². The zero-order chi connectivity index (χ0) is 14.9. The summed E-state index contributed by atoms with van der Waals surface area (Å²) in [6, 6.07) is 0. The number of hydrogen-bond donors (Lipinski definition) is 0. The molecule has 0 aromatic carbocycles. The average Bonchev–Trinajstić information content (AvgIpc) is 2.77. The van der Waals surface area contributed by atoms with E-state index in [1.807, 2.05) is 0 Å². The molecule has 2 heterocycles. The van der Waals surface area contributed by atoms with Crippen molar-refractivity contribution in [2.45, 2.75) is 77.7 Å². The van der Waals surface area contributed by atoms with Crippen LogP contribution in [0.4, 0.5) is 0 Å². The zero-order valence-electron chi connectivity index (χ0n) is 14.0. The minimum absolute atomic E-state index is 0.167. The van der Waals surface area contributed by atoms with Crippen LogP contribution < -0.4 is 0 Å². The maximum Gasteiger partial charge on any atom is 0.0602 e. The van der Waals surface area contributed by atoms with E-state index in [4.69, 9.17) is 0 Å². The van der Waals surface area contributed by atoms with Crippen molar-refractivity contribution >= 4 is 10.8 Å². The minimum Gasteiger partial charge on any atom is -0.258 e. The van der Waals surface area contributed by atoms with Crippen LogP contribution in [0.15, 0.2) is 11.1 Å². The lowest BCUT2D eigenvalue weighted by atomic mass is 9.60. The van der Waals surface area contributed by atoms with Gasteiger partial charge < -0.3 is 0 Å². The molecule has 0 aromatic heterocycles. The van der Waals surface area contributed by atoms with Gasteiger partial charge in [-0.25, -0.2) is 0 Å². The van der Waals surface area contributed by atoms with Gasteiger partial charge in [0.25, 0.3) is 0 Å². The van der Waals surface area contributed by atoms with E-state index in [0.29, 0.717) is 10.5 Å². The predicted molar refractivity (Wildman–Crippen MR) is 87.1 cm³/mol. The van der Waals surface area contributed by atoms with Crippen LogP contribution in [0.2, 0.25) is 0 Å². The second kappa shape index (κ2) is 4.44. The van der Waals surface area contributed by atoms with Crippen molar-refractivity contribution in [2.24, 2.45) is 22.7 Å². The quantitative estimate of drug-likeness (QED) is 0.592. The van der Waals surface area contributed by atoms with Gasteiger partial charge in [-0.1, -0.05) is 54.4 Å². The van der Waals surface area contributed by atoms with E-state index in [1.54, 1.807) is 11.1 Å². The fourth-order valence-corrected chi connectivity index (χ4v) is 8.18. The highest BCUT2D eigenvalue weighted by Crippen LogP contribution is 2.61. The van der Waals surface area contributed by atoms with Crippen molar-refractivity contribution in [2.75, 3.05) is 0 Å². The van der Waals surface area contributed by atoms with Crippen molar-refractivity contribution in [3.8, 4) is 0 Å². The Labute approximate surface area is 127 Å². The van der Waals surface area contributed by atoms with Gasteiger partial charge in [-0.05, 0) is 46.7 Å². The van der Waals surface area contributed by atoms with Crippen LogP contribution in [0.5, 0.6) is 0 Å². The molecule has 0 aromatic rings. The molecule has 20 heavy (non-hydrogen) atoms. The molecule has 0 radical (unpaired) electrons. The summed E-state index contributed by atoms with van der Waals surface area (Å²) >= 11 is 0. The Morgan fingerprint density at radius 2 is 1.15 bits per heavy atom. The average molecular weight is 295 g/mol.